The Morgan fingerprint density at radius 1 is 1.26 bits per heavy atom. The van der Waals surface area contributed by atoms with Crippen LogP contribution in [0.25, 0.3) is 32.4 Å². The highest BCUT2D eigenvalue weighted by Crippen LogP contribution is 2.35. The maximum atomic E-state index is 13.2. The van der Waals surface area contributed by atoms with Gasteiger partial charge in [-0.1, -0.05) is 16.8 Å². The van der Waals surface area contributed by atoms with Crippen LogP contribution in [0.3, 0.4) is 0 Å². The summed E-state index contributed by atoms with van der Waals surface area (Å²) in [5, 5.41) is 6.99. The van der Waals surface area contributed by atoms with E-state index in [0.717, 1.165) is 11.6 Å². The molecule has 0 aliphatic heterocycles. The van der Waals surface area contributed by atoms with Crippen LogP contribution in [-0.4, -0.2) is 30.6 Å². The van der Waals surface area contributed by atoms with Gasteiger partial charge in [-0.3, -0.25) is 19.1 Å². The number of carbonyl (C=O) groups excluding carboxylic acids is 1. The van der Waals surface area contributed by atoms with Gasteiger partial charge >= 0.3 is 0 Å². The normalized spacial score (nSPS) is 11.1. The lowest BCUT2D eigenvalue weighted by molar-refractivity contribution is -0.116. The summed E-state index contributed by atoms with van der Waals surface area (Å²) in [7, 11) is 0. The molecule has 1 amide bonds. The van der Waals surface area contributed by atoms with Crippen molar-refractivity contribution in [3.63, 3.8) is 0 Å². The number of aryl methyl sites for hydroxylation is 1. The van der Waals surface area contributed by atoms with Crippen LogP contribution in [-0.2, 0) is 11.3 Å². The Morgan fingerprint density at radius 2 is 2.06 bits per heavy atom. The van der Waals surface area contributed by atoms with Gasteiger partial charge in [-0.25, -0.2) is 9.37 Å². The molecule has 0 spiro atoms. The van der Waals surface area contributed by atoms with Crippen molar-refractivity contribution in [3.8, 4) is 22.2 Å². The molecule has 9 nitrogen and oxygen atoms in total. The first-order valence-corrected chi connectivity index (χ1v) is 11.1. The van der Waals surface area contributed by atoms with E-state index in [1.807, 2.05) is 0 Å². The Bertz CT molecular complexity index is 1600. The van der Waals surface area contributed by atoms with Gasteiger partial charge in [-0.05, 0) is 42.8 Å². The largest absolute Gasteiger partial charge is 0.333 e. The van der Waals surface area contributed by atoms with Gasteiger partial charge in [0, 0.05) is 18.0 Å². The van der Waals surface area contributed by atoms with Crippen LogP contribution in [0, 0.1) is 12.7 Å². The first-order valence-electron chi connectivity index (χ1n) is 9.88. The first kappa shape index (κ1) is 21.9. The third-order valence-corrected chi connectivity index (χ3v) is 6.50. The minimum Gasteiger partial charge on any atom is -0.333 e. The molecule has 4 heterocycles. The number of aromatic nitrogens is 5. The summed E-state index contributed by atoms with van der Waals surface area (Å²) in [6, 6.07) is 7.13. The van der Waals surface area contributed by atoms with E-state index in [2.05, 4.69) is 25.4 Å². The molecule has 1 N–H and O–H groups in total. The molecule has 1 aromatic carbocycles. The smallest absolute Gasteiger partial charge is 0.268 e. The maximum Gasteiger partial charge on any atom is 0.268 e. The molecule has 0 atom stereocenters. The molecule has 4 aromatic heterocycles. The van der Waals surface area contributed by atoms with Gasteiger partial charge in [0.25, 0.3) is 11.4 Å². The highest BCUT2D eigenvalue weighted by Gasteiger charge is 2.21. The maximum absolute atomic E-state index is 13.2. The van der Waals surface area contributed by atoms with Crippen molar-refractivity contribution in [2.75, 3.05) is 5.32 Å². The van der Waals surface area contributed by atoms with E-state index in [-0.39, 0.29) is 28.7 Å². The number of pyridine rings is 1. The summed E-state index contributed by atoms with van der Waals surface area (Å²) in [4.78, 5) is 39.4. The third kappa shape index (κ3) is 4.06. The highest BCUT2D eigenvalue weighted by molar-refractivity contribution is 7.22. The van der Waals surface area contributed by atoms with Gasteiger partial charge in [0.05, 0.1) is 27.3 Å². The number of rotatable bonds is 5. The summed E-state index contributed by atoms with van der Waals surface area (Å²) in [6.45, 7) is 1.46. The highest BCUT2D eigenvalue weighted by atomic mass is 35.5. The number of fused-ring (bicyclic) bond motifs is 1. The van der Waals surface area contributed by atoms with Gasteiger partial charge in [-0.2, -0.15) is 4.98 Å². The molecule has 5 aromatic rings. The molecule has 0 radical (unpaired) electrons. The van der Waals surface area contributed by atoms with Crippen LogP contribution in [0.5, 0.6) is 0 Å². The molecule has 0 saturated carbocycles. The minimum absolute atomic E-state index is 0.0540. The van der Waals surface area contributed by atoms with E-state index < -0.39 is 11.7 Å². The van der Waals surface area contributed by atoms with Crippen molar-refractivity contribution in [1.82, 2.24) is 24.7 Å². The third-order valence-electron chi connectivity index (χ3n) is 5.00. The average Bonchev–Trinajstić information content (AvgIpc) is 3.43. The molecule has 34 heavy (non-hydrogen) atoms. The molecule has 0 aliphatic rings. The molecule has 0 bridgehead atoms. The average molecular weight is 497 g/mol. The van der Waals surface area contributed by atoms with Crippen molar-refractivity contribution in [2.24, 2.45) is 0 Å². The molecular weight excluding hydrogens is 483 g/mol. The van der Waals surface area contributed by atoms with Crippen LogP contribution in [0.15, 0.2) is 58.4 Å². The topological polar surface area (TPSA) is 116 Å². The number of thiophene rings is 1. The van der Waals surface area contributed by atoms with E-state index in [9.17, 15) is 14.0 Å². The zero-order valence-corrected chi connectivity index (χ0v) is 19.0. The van der Waals surface area contributed by atoms with E-state index in [1.54, 1.807) is 31.5 Å². The van der Waals surface area contributed by atoms with Gasteiger partial charge in [0.1, 0.15) is 17.2 Å². The second kappa shape index (κ2) is 8.76. The molecule has 170 valence electrons. The predicted octanol–water partition coefficient (Wildman–Crippen LogP) is 4.31. The van der Waals surface area contributed by atoms with Crippen LogP contribution in [0.2, 0.25) is 5.02 Å². The molecule has 0 unspecified atom stereocenters. The van der Waals surface area contributed by atoms with Gasteiger partial charge < -0.3 is 9.84 Å². The van der Waals surface area contributed by atoms with Crippen LogP contribution in [0.4, 0.5) is 10.1 Å². The van der Waals surface area contributed by atoms with E-state index in [4.69, 9.17) is 16.1 Å². The van der Waals surface area contributed by atoms with Gasteiger partial charge in [-0.15, -0.1) is 11.3 Å². The fourth-order valence-corrected chi connectivity index (χ4v) is 4.62. The number of carbonyl (C=O) groups is 1. The van der Waals surface area contributed by atoms with Gasteiger partial charge in [0.2, 0.25) is 11.7 Å². The van der Waals surface area contributed by atoms with E-state index >= 15 is 0 Å². The standard InChI is InChI=1S/C22H14ClFN6O3S/c1-11-17-21(34-18(11)20-28-19(29-33-20)12-4-6-25-7-5-12)26-10-30(22(17)32)9-16(31)27-15-3-2-13(24)8-14(15)23/h2-8,10H,9H2,1H3,(H,27,31). The number of benzene rings is 1. The summed E-state index contributed by atoms with van der Waals surface area (Å²) in [5.41, 5.74) is 1.22. The first-order chi connectivity index (χ1) is 16.4. The number of nitrogens with zero attached hydrogens (tertiary/aromatic N) is 5. The summed E-state index contributed by atoms with van der Waals surface area (Å²) >= 11 is 7.20. The molecular formula is C22H14ClFN6O3S. The van der Waals surface area contributed by atoms with Crippen molar-refractivity contribution < 1.29 is 13.7 Å². The zero-order valence-electron chi connectivity index (χ0n) is 17.5. The van der Waals surface area contributed by atoms with E-state index in [0.29, 0.717) is 26.5 Å². The number of halogens is 2. The van der Waals surface area contributed by atoms with Crippen molar-refractivity contribution in [2.45, 2.75) is 13.5 Å². The Hall–Kier alpha value is -3.96. The Kier molecular flexibility index (Phi) is 5.64. The SMILES string of the molecule is Cc1c(-c2nc(-c3ccncc3)no2)sc2ncn(CC(=O)Nc3ccc(F)cc3Cl)c(=O)c12. The monoisotopic (exact) mass is 496 g/mol. The summed E-state index contributed by atoms with van der Waals surface area (Å²) in [6.07, 6.45) is 4.55. The van der Waals surface area contributed by atoms with Crippen LogP contribution in [0.1, 0.15) is 5.56 Å². The number of anilines is 1. The Morgan fingerprint density at radius 3 is 2.82 bits per heavy atom. The second-order valence-corrected chi connectivity index (χ2v) is 8.65. The quantitative estimate of drug-likeness (QED) is 0.385. The lowest BCUT2D eigenvalue weighted by Gasteiger charge is -2.09. The van der Waals surface area contributed by atoms with Gasteiger partial charge in [0.15, 0.2) is 0 Å². The number of amides is 1. The summed E-state index contributed by atoms with van der Waals surface area (Å²) in [5.74, 6) is -0.367. The Balaban J connectivity index is 1.44. The fourth-order valence-electron chi connectivity index (χ4n) is 3.35. The zero-order chi connectivity index (χ0) is 23.8. The van der Waals surface area contributed by atoms with Crippen molar-refractivity contribution in [1.29, 1.82) is 0 Å². The summed E-state index contributed by atoms with van der Waals surface area (Å²) < 4.78 is 19.8. The van der Waals surface area contributed by atoms with Crippen molar-refractivity contribution >= 4 is 44.7 Å². The number of nitrogens with one attached hydrogen (secondary N) is 1. The molecule has 0 aliphatic carbocycles. The minimum atomic E-state index is -0.522. The number of hydrogen-bond acceptors (Lipinski definition) is 8. The molecule has 0 saturated heterocycles. The lowest BCUT2D eigenvalue weighted by Crippen LogP contribution is -2.28. The lowest BCUT2D eigenvalue weighted by atomic mass is 10.2. The second-order valence-electron chi connectivity index (χ2n) is 7.25. The van der Waals surface area contributed by atoms with Crippen molar-refractivity contribution in [3.05, 3.63) is 75.8 Å². The van der Waals surface area contributed by atoms with Crippen LogP contribution >= 0.6 is 22.9 Å². The van der Waals surface area contributed by atoms with E-state index in [1.165, 1.54) is 34.4 Å². The number of hydrogen-bond donors (Lipinski definition) is 1. The predicted molar refractivity (Wildman–Crippen MR) is 125 cm³/mol. The molecule has 12 heteroatoms. The molecule has 5 rings (SSSR count). The van der Waals surface area contributed by atoms with Crippen LogP contribution < -0.4 is 10.9 Å². The fraction of sp³-hybridized carbons (Fsp3) is 0.0909. The Labute approximate surface area is 199 Å². The molecule has 0 fully saturated rings.